The standard InChI is InChI=1S/C43H32N4O.Pt/c1-43(2,3)35-14-5-7-16-37(35)46-28-45(38-17-8-9-18-39(38)46)32-12-10-11-29(26-32)25-30-19-20-34-33-13-4-6-15-36(33)47(40(34)27-30)42-41-31(21-23-44-42)22-24-48-41;/h4-24H,25H2,1-3H3;/q-2;. The molecule has 242 valence electrons. The van der Waals surface area contributed by atoms with Crippen LogP contribution in [0.2, 0.25) is 0 Å². The molecule has 0 saturated heterocycles. The van der Waals surface area contributed by atoms with E-state index in [9.17, 15) is 0 Å². The number of rotatable bonds is 5. The third-order valence-electron chi connectivity index (χ3n) is 9.18. The van der Waals surface area contributed by atoms with E-state index in [1.54, 1.807) is 6.26 Å². The molecule has 0 spiro atoms. The van der Waals surface area contributed by atoms with Crippen LogP contribution in [0.5, 0.6) is 0 Å². The molecule has 5 nitrogen and oxygen atoms in total. The zero-order valence-electron chi connectivity index (χ0n) is 27.3. The van der Waals surface area contributed by atoms with Gasteiger partial charge in [-0.2, -0.15) is 53.6 Å². The van der Waals surface area contributed by atoms with E-state index in [1.807, 2.05) is 18.3 Å². The first-order valence-electron chi connectivity index (χ1n) is 16.3. The normalized spacial score (nSPS) is 11.9. The van der Waals surface area contributed by atoms with Crippen molar-refractivity contribution in [3.8, 4) is 17.2 Å². The zero-order valence-corrected chi connectivity index (χ0v) is 29.6. The Labute approximate surface area is 299 Å². The molecule has 0 aliphatic heterocycles. The molecule has 6 heteroatoms. The van der Waals surface area contributed by atoms with Crippen molar-refractivity contribution in [3.05, 3.63) is 163 Å². The average molecular weight is 816 g/mol. The Bertz CT molecular complexity index is 2650. The second kappa shape index (κ2) is 12.0. The Kier molecular flexibility index (Phi) is 7.61. The Morgan fingerprint density at radius 3 is 2.39 bits per heavy atom. The molecule has 0 fully saturated rings. The second-order valence-corrected chi connectivity index (χ2v) is 13.3. The van der Waals surface area contributed by atoms with Crippen LogP contribution in [0.15, 0.2) is 132 Å². The molecular formula is C43H32N4OPt-2. The van der Waals surface area contributed by atoms with Gasteiger partial charge in [-0.1, -0.05) is 87.0 Å². The predicted octanol–water partition coefficient (Wildman–Crippen LogP) is 9.43. The van der Waals surface area contributed by atoms with Crippen LogP contribution in [-0.4, -0.2) is 14.1 Å². The van der Waals surface area contributed by atoms with Gasteiger partial charge in [0.15, 0.2) is 11.4 Å². The molecule has 5 aromatic carbocycles. The van der Waals surface area contributed by atoms with E-state index in [4.69, 9.17) is 9.40 Å². The first-order valence-corrected chi connectivity index (χ1v) is 16.3. The van der Waals surface area contributed by atoms with Crippen molar-refractivity contribution < 1.29 is 30.0 Å². The fourth-order valence-corrected chi connectivity index (χ4v) is 6.96. The van der Waals surface area contributed by atoms with Gasteiger partial charge in [0.25, 0.3) is 6.33 Å². The molecule has 0 aliphatic carbocycles. The molecule has 4 heterocycles. The minimum atomic E-state index is -0.0173. The first-order chi connectivity index (χ1) is 23.4. The summed E-state index contributed by atoms with van der Waals surface area (Å²) >= 11 is 0. The summed E-state index contributed by atoms with van der Waals surface area (Å²) in [6.07, 6.45) is 7.91. The number of pyridine rings is 1. The molecular weight excluding hydrogens is 784 g/mol. The van der Waals surface area contributed by atoms with Crippen LogP contribution in [0, 0.1) is 18.5 Å². The van der Waals surface area contributed by atoms with Crippen LogP contribution < -0.4 is 4.57 Å². The van der Waals surface area contributed by atoms with Gasteiger partial charge >= 0.3 is 0 Å². The van der Waals surface area contributed by atoms with Gasteiger partial charge in [0.05, 0.1) is 23.0 Å². The Hall–Kier alpha value is -5.25. The molecule has 0 amide bonds. The van der Waals surface area contributed by atoms with Crippen molar-refractivity contribution in [2.24, 2.45) is 0 Å². The first kappa shape index (κ1) is 31.0. The van der Waals surface area contributed by atoms with Crippen molar-refractivity contribution in [2.45, 2.75) is 32.6 Å². The quantitative estimate of drug-likeness (QED) is 0.128. The molecule has 49 heavy (non-hydrogen) atoms. The largest absolute Gasteiger partial charge is 0.460 e. The Morgan fingerprint density at radius 2 is 1.51 bits per heavy atom. The maximum absolute atomic E-state index is 5.93. The zero-order chi connectivity index (χ0) is 32.4. The number of benzene rings is 5. The monoisotopic (exact) mass is 815 g/mol. The summed E-state index contributed by atoms with van der Waals surface area (Å²) in [5, 5.41) is 3.31. The van der Waals surface area contributed by atoms with E-state index in [0.29, 0.717) is 6.42 Å². The second-order valence-electron chi connectivity index (χ2n) is 13.3. The van der Waals surface area contributed by atoms with E-state index < -0.39 is 0 Å². The maximum Gasteiger partial charge on any atom is 0.268 e. The van der Waals surface area contributed by atoms with E-state index >= 15 is 0 Å². The molecule has 9 rings (SSSR count). The van der Waals surface area contributed by atoms with Gasteiger partial charge in [-0.05, 0) is 52.7 Å². The molecule has 0 saturated carbocycles. The number of imidazole rings is 1. The summed E-state index contributed by atoms with van der Waals surface area (Å²) in [4.78, 5) is 4.78. The van der Waals surface area contributed by atoms with Crippen LogP contribution in [0.3, 0.4) is 0 Å². The number of hydrogen-bond donors (Lipinski definition) is 0. The van der Waals surface area contributed by atoms with Crippen molar-refractivity contribution in [1.29, 1.82) is 0 Å². The van der Waals surface area contributed by atoms with Crippen LogP contribution in [0.25, 0.3) is 61.0 Å². The number of furan rings is 1. The van der Waals surface area contributed by atoms with Crippen molar-refractivity contribution in [2.75, 3.05) is 0 Å². The van der Waals surface area contributed by atoms with Crippen molar-refractivity contribution in [1.82, 2.24) is 14.1 Å². The van der Waals surface area contributed by atoms with E-state index in [1.165, 1.54) is 5.56 Å². The van der Waals surface area contributed by atoms with Gasteiger partial charge in [-0.3, -0.25) is 4.57 Å². The SMILES string of the molecule is CC(C)(C)c1ccccc1-[n+]1[c-]n(-c2[c-]c(Cc3[c-]c4c(cc3)c3ccccc3n4-c3nccc4ccoc34)ccc2)c2ccccc21.[Pt]. The van der Waals surface area contributed by atoms with Crippen molar-refractivity contribution >= 4 is 43.8 Å². The summed E-state index contributed by atoms with van der Waals surface area (Å²) in [6, 6.07) is 47.7. The van der Waals surface area contributed by atoms with E-state index in [0.717, 1.165) is 72.1 Å². The number of para-hydroxylation sites is 4. The van der Waals surface area contributed by atoms with Crippen LogP contribution in [0.1, 0.15) is 37.5 Å². The third kappa shape index (κ3) is 5.21. The van der Waals surface area contributed by atoms with Gasteiger partial charge in [-0.25, -0.2) is 4.98 Å². The predicted molar refractivity (Wildman–Crippen MR) is 191 cm³/mol. The van der Waals surface area contributed by atoms with Crippen LogP contribution in [-0.2, 0) is 32.9 Å². The van der Waals surface area contributed by atoms with Crippen molar-refractivity contribution in [3.63, 3.8) is 0 Å². The van der Waals surface area contributed by atoms with Gasteiger partial charge in [0.1, 0.15) is 0 Å². The molecule has 0 radical (unpaired) electrons. The molecule has 4 aromatic heterocycles. The van der Waals surface area contributed by atoms with Gasteiger partial charge in [-0.15, -0.1) is 5.39 Å². The molecule has 0 aliphatic rings. The number of nitrogens with zero attached hydrogens (tertiary/aromatic N) is 4. The van der Waals surface area contributed by atoms with Gasteiger partial charge < -0.3 is 13.6 Å². The fraction of sp³-hybridized carbons (Fsp3) is 0.116. The number of aromatic nitrogens is 4. The summed E-state index contributed by atoms with van der Waals surface area (Å²) in [5.74, 6) is 0.766. The third-order valence-corrected chi connectivity index (χ3v) is 9.18. The Morgan fingerprint density at radius 1 is 0.735 bits per heavy atom. The molecule has 9 aromatic rings. The summed E-state index contributed by atoms with van der Waals surface area (Å²) < 4.78 is 12.4. The smallest absolute Gasteiger partial charge is 0.268 e. The van der Waals surface area contributed by atoms with Crippen LogP contribution >= 0.6 is 0 Å². The number of hydrogen-bond acceptors (Lipinski definition) is 2. The number of fused-ring (bicyclic) bond motifs is 5. The molecule has 0 N–H and O–H groups in total. The minimum absolute atomic E-state index is 0. The van der Waals surface area contributed by atoms with E-state index in [-0.39, 0.29) is 26.5 Å². The summed E-state index contributed by atoms with van der Waals surface area (Å²) in [7, 11) is 0. The molecule has 0 unspecified atom stereocenters. The summed E-state index contributed by atoms with van der Waals surface area (Å²) in [6.45, 7) is 6.76. The fourth-order valence-electron chi connectivity index (χ4n) is 6.96. The topological polar surface area (TPSA) is 39.8 Å². The van der Waals surface area contributed by atoms with Gasteiger partial charge in [0, 0.05) is 38.2 Å². The van der Waals surface area contributed by atoms with Crippen LogP contribution in [0.4, 0.5) is 0 Å². The average Bonchev–Trinajstić information content (AvgIpc) is 3.82. The molecule has 0 atom stereocenters. The maximum atomic E-state index is 5.93. The van der Waals surface area contributed by atoms with E-state index in [2.05, 4.69) is 156 Å². The minimum Gasteiger partial charge on any atom is -0.460 e. The van der Waals surface area contributed by atoms with Gasteiger partial charge in [0.2, 0.25) is 0 Å². The molecule has 0 bridgehead atoms. The Balaban J connectivity index is 0.00000348. The summed E-state index contributed by atoms with van der Waals surface area (Å²) in [5.41, 5.74) is 10.5.